The maximum Gasteiger partial charge on any atom is 0.258 e. The lowest BCUT2D eigenvalue weighted by molar-refractivity contribution is 0.0951. The zero-order valence-corrected chi connectivity index (χ0v) is 20.8. The normalized spacial score (nSPS) is 17.8. The van der Waals surface area contributed by atoms with Gasteiger partial charge in [0.15, 0.2) is 0 Å². The number of pyridine rings is 1. The van der Waals surface area contributed by atoms with Crippen LogP contribution in [0.25, 0.3) is 0 Å². The zero-order chi connectivity index (χ0) is 24.3. The molecule has 0 atom stereocenters. The first-order valence-electron chi connectivity index (χ1n) is 13.3. The molecule has 2 aliphatic rings. The van der Waals surface area contributed by atoms with Crippen molar-refractivity contribution < 1.29 is 9.59 Å². The van der Waals surface area contributed by atoms with Crippen LogP contribution in [0.5, 0.6) is 0 Å². The molecule has 7 heteroatoms. The fourth-order valence-electron chi connectivity index (χ4n) is 5.00. The molecule has 0 aliphatic carbocycles. The van der Waals surface area contributed by atoms with E-state index in [1.54, 1.807) is 24.5 Å². The topological polar surface area (TPSA) is 77.6 Å². The average Bonchev–Trinajstić information content (AvgIpc) is 3.41. The highest BCUT2D eigenvalue weighted by atomic mass is 16.2. The summed E-state index contributed by atoms with van der Waals surface area (Å²) in [6, 6.07) is 9.28. The van der Waals surface area contributed by atoms with Gasteiger partial charge in [-0.15, -0.1) is 0 Å². The average molecular weight is 478 g/mol. The van der Waals surface area contributed by atoms with Crippen LogP contribution in [0.4, 0.5) is 5.69 Å². The fraction of sp³-hybridized carbons (Fsp3) is 0.536. The molecule has 188 valence electrons. The Balaban J connectivity index is 1.50. The first kappa shape index (κ1) is 25.3. The number of anilines is 1. The van der Waals surface area contributed by atoms with Crippen LogP contribution in [-0.4, -0.2) is 61.0 Å². The number of nitrogens with one attached hydrogen (secondary N) is 2. The monoisotopic (exact) mass is 477 g/mol. The van der Waals surface area contributed by atoms with Gasteiger partial charge in [0.2, 0.25) is 0 Å². The molecule has 2 aromatic rings. The Morgan fingerprint density at radius 2 is 1.63 bits per heavy atom. The van der Waals surface area contributed by atoms with Crippen LogP contribution in [0.15, 0.2) is 42.7 Å². The van der Waals surface area contributed by atoms with E-state index in [1.165, 1.54) is 38.8 Å². The van der Waals surface area contributed by atoms with E-state index in [2.05, 4.69) is 20.5 Å². The number of carbonyl (C=O) groups excluding carboxylic acids is 2. The van der Waals surface area contributed by atoms with Crippen LogP contribution in [-0.2, 0) is 6.54 Å². The minimum absolute atomic E-state index is 0.0233. The van der Waals surface area contributed by atoms with Crippen molar-refractivity contribution >= 4 is 17.5 Å². The first-order chi connectivity index (χ1) is 17.2. The molecule has 0 unspecified atom stereocenters. The smallest absolute Gasteiger partial charge is 0.258 e. The summed E-state index contributed by atoms with van der Waals surface area (Å²) in [6.07, 6.45) is 12.4. The maximum absolute atomic E-state index is 13.5. The van der Waals surface area contributed by atoms with Gasteiger partial charge in [0, 0.05) is 48.8 Å². The quantitative estimate of drug-likeness (QED) is 0.615. The number of hydrogen-bond donors (Lipinski definition) is 2. The predicted molar refractivity (Wildman–Crippen MR) is 140 cm³/mol. The number of fused-ring (bicyclic) bond motifs is 1. The second-order valence-corrected chi connectivity index (χ2v) is 9.64. The third-order valence-electron chi connectivity index (χ3n) is 6.99. The van der Waals surface area contributed by atoms with Crippen LogP contribution in [0.1, 0.15) is 77.6 Å². The van der Waals surface area contributed by atoms with E-state index in [9.17, 15) is 9.59 Å². The Bertz CT molecular complexity index is 959. The van der Waals surface area contributed by atoms with Crippen LogP contribution in [0.2, 0.25) is 0 Å². The first-order valence-corrected chi connectivity index (χ1v) is 13.3. The number of rotatable bonds is 6. The van der Waals surface area contributed by atoms with Crippen molar-refractivity contribution in [2.45, 2.75) is 57.9 Å². The standard InChI is InChI=1S/C28H39N5O2/c34-27(31-14-8-19-32-17-6-7-18-32)24-9-10-26-25(21-24)22-30-13-4-2-1-3-5-20-33(26)28(35)23-11-15-29-16-12-23/h9-12,15-16,21,30H,1-8,13-14,17-20,22H2,(H,31,34). The summed E-state index contributed by atoms with van der Waals surface area (Å²) >= 11 is 0. The van der Waals surface area contributed by atoms with Crippen molar-refractivity contribution in [3.05, 3.63) is 59.4 Å². The van der Waals surface area contributed by atoms with Gasteiger partial charge in [0.1, 0.15) is 0 Å². The van der Waals surface area contributed by atoms with Crippen LogP contribution in [0.3, 0.4) is 0 Å². The largest absolute Gasteiger partial charge is 0.352 e. The van der Waals surface area contributed by atoms with Crippen molar-refractivity contribution in [2.24, 2.45) is 0 Å². The summed E-state index contributed by atoms with van der Waals surface area (Å²) in [7, 11) is 0. The molecule has 0 saturated carbocycles. The van der Waals surface area contributed by atoms with E-state index >= 15 is 0 Å². The molecule has 1 aromatic heterocycles. The van der Waals surface area contributed by atoms with Gasteiger partial charge in [0.05, 0.1) is 0 Å². The molecule has 1 aromatic carbocycles. The lowest BCUT2D eigenvalue weighted by Gasteiger charge is -2.27. The number of aromatic nitrogens is 1. The molecule has 4 rings (SSSR count). The van der Waals surface area contributed by atoms with E-state index in [0.29, 0.717) is 30.8 Å². The Morgan fingerprint density at radius 1 is 0.886 bits per heavy atom. The molecule has 0 radical (unpaired) electrons. The van der Waals surface area contributed by atoms with Crippen molar-refractivity contribution in [1.82, 2.24) is 20.5 Å². The predicted octanol–water partition coefficient (Wildman–Crippen LogP) is 4.00. The number of amides is 2. The fourth-order valence-corrected chi connectivity index (χ4v) is 5.00. The molecule has 3 heterocycles. The number of nitrogens with zero attached hydrogens (tertiary/aromatic N) is 3. The minimum atomic E-state index is -0.0488. The van der Waals surface area contributed by atoms with Gasteiger partial charge in [-0.3, -0.25) is 14.6 Å². The second kappa shape index (κ2) is 13.4. The number of likely N-dealkylation sites (tertiary alicyclic amines) is 1. The van der Waals surface area contributed by atoms with Crippen molar-refractivity contribution in [3.63, 3.8) is 0 Å². The SMILES string of the molecule is O=C(NCCCN1CCCC1)c1ccc2c(c1)CNCCCCCCCN2C(=O)c1ccncc1. The Kier molecular flexibility index (Phi) is 9.66. The lowest BCUT2D eigenvalue weighted by atomic mass is 10.0. The van der Waals surface area contributed by atoms with E-state index in [0.717, 1.165) is 50.0 Å². The molecule has 0 bridgehead atoms. The molecular formula is C28H39N5O2. The summed E-state index contributed by atoms with van der Waals surface area (Å²) in [4.78, 5) is 34.8. The molecule has 35 heavy (non-hydrogen) atoms. The molecule has 1 fully saturated rings. The van der Waals surface area contributed by atoms with Crippen molar-refractivity contribution in [2.75, 3.05) is 44.2 Å². The van der Waals surface area contributed by atoms with Gasteiger partial charge in [-0.1, -0.05) is 19.3 Å². The molecule has 2 aliphatic heterocycles. The molecule has 0 spiro atoms. The van der Waals surface area contributed by atoms with Gasteiger partial charge >= 0.3 is 0 Å². The molecule has 2 N–H and O–H groups in total. The summed E-state index contributed by atoms with van der Waals surface area (Å²) in [5.41, 5.74) is 3.14. The highest BCUT2D eigenvalue weighted by Crippen LogP contribution is 2.26. The van der Waals surface area contributed by atoms with Gasteiger partial charge < -0.3 is 20.4 Å². The molecular weight excluding hydrogens is 438 g/mol. The van der Waals surface area contributed by atoms with Crippen molar-refractivity contribution in [3.8, 4) is 0 Å². The third-order valence-corrected chi connectivity index (χ3v) is 6.99. The van der Waals surface area contributed by atoms with E-state index in [4.69, 9.17) is 0 Å². The third kappa shape index (κ3) is 7.36. The van der Waals surface area contributed by atoms with Crippen LogP contribution in [0, 0.1) is 0 Å². The van der Waals surface area contributed by atoms with Crippen LogP contribution < -0.4 is 15.5 Å². The second-order valence-electron chi connectivity index (χ2n) is 9.64. The van der Waals surface area contributed by atoms with E-state index in [-0.39, 0.29) is 11.8 Å². The molecule has 2 amide bonds. The number of carbonyl (C=O) groups is 2. The summed E-state index contributed by atoms with van der Waals surface area (Å²) in [5, 5.41) is 6.61. The van der Waals surface area contributed by atoms with E-state index in [1.807, 2.05) is 23.1 Å². The highest BCUT2D eigenvalue weighted by Gasteiger charge is 2.22. The number of benzene rings is 1. The summed E-state index contributed by atoms with van der Waals surface area (Å²) in [6.45, 7) is 6.31. The lowest BCUT2D eigenvalue weighted by Crippen LogP contribution is -2.34. The Labute approximate surface area is 209 Å². The highest BCUT2D eigenvalue weighted by molar-refractivity contribution is 6.06. The van der Waals surface area contributed by atoms with Crippen LogP contribution >= 0.6 is 0 Å². The molecule has 7 nitrogen and oxygen atoms in total. The van der Waals surface area contributed by atoms with Gasteiger partial charge in [-0.2, -0.15) is 0 Å². The summed E-state index contributed by atoms with van der Waals surface area (Å²) < 4.78 is 0. The Hall–Kier alpha value is -2.77. The minimum Gasteiger partial charge on any atom is -0.352 e. The van der Waals surface area contributed by atoms with Gasteiger partial charge in [-0.25, -0.2) is 0 Å². The molecule has 1 saturated heterocycles. The van der Waals surface area contributed by atoms with E-state index < -0.39 is 0 Å². The van der Waals surface area contributed by atoms with Gasteiger partial charge in [-0.05, 0) is 94.2 Å². The zero-order valence-electron chi connectivity index (χ0n) is 20.8. The number of hydrogen-bond acceptors (Lipinski definition) is 5. The summed E-state index contributed by atoms with van der Waals surface area (Å²) in [5.74, 6) is -0.0721. The van der Waals surface area contributed by atoms with Gasteiger partial charge in [0.25, 0.3) is 11.8 Å². The van der Waals surface area contributed by atoms with Crippen molar-refractivity contribution in [1.29, 1.82) is 0 Å². The Morgan fingerprint density at radius 3 is 2.46 bits per heavy atom. The maximum atomic E-state index is 13.5.